The second-order valence-corrected chi connectivity index (χ2v) is 4.45. The molecule has 1 fully saturated rings. The van der Waals surface area contributed by atoms with E-state index in [1.807, 2.05) is 32.9 Å². The number of hydrogen-bond acceptors (Lipinski definition) is 3. The Labute approximate surface area is 92.1 Å². The van der Waals surface area contributed by atoms with Crippen LogP contribution in [0.2, 0.25) is 0 Å². The number of hydrogen-bond donors (Lipinski definition) is 1. The van der Waals surface area contributed by atoms with Gasteiger partial charge in [0.05, 0.1) is 6.10 Å². The summed E-state index contributed by atoms with van der Waals surface area (Å²) in [6, 6.07) is 0. The van der Waals surface area contributed by atoms with Gasteiger partial charge in [0.1, 0.15) is 12.2 Å². The van der Waals surface area contributed by atoms with Gasteiger partial charge in [-0.25, -0.2) is 0 Å². The van der Waals surface area contributed by atoms with Gasteiger partial charge in [-0.05, 0) is 27.2 Å². The standard InChI is InChI=1S/C12H22O3/c1-5-7-9(13)11-10(8-6-2)14-12(3,4)15-11/h6,8-11,13H,5,7H2,1-4H3/b8-6+/t9?,10-,11+/m0/s1. The van der Waals surface area contributed by atoms with Crippen molar-refractivity contribution in [3.05, 3.63) is 12.2 Å². The minimum atomic E-state index is -0.594. The third-order valence-electron chi connectivity index (χ3n) is 2.51. The molecule has 15 heavy (non-hydrogen) atoms. The van der Waals surface area contributed by atoms with E-state index in [2.05, 4.69) is 6.92 Å². The highest BCUT2D eigenvalue weighted by molar-refractivity contribution is 4.99. The number of aliphatic hydroxyl groups is 1. The fourth-order valence-corrected chi connectivity index (χ4v) is 1.91. The van der Waals surface area contributed by atoms with Crippen molar-refractivity contribution in [1.82, 2.24) is 0 Å². The highest BCUT2D eigenvalue weighted by atomic mass is 16.8. The summed E-state index contributed by atoms with van der Waals surface area (Å²) in [6.45, 7) is 7.75. The highest BCUT2D eigenvalue weighted by Gasteiger charge is 2.42. The molecule has 1 N–H and O–H groups in total. The zero-order valence-corrected chi connectivity index (χ0v) is 10.1. The van der Waals surface area contributed by atoms with E-state index in [9.17, 15) is 5.11 Å². The van der Waals surface area contributed by atoms with Gasteiger partial charge in [-0.3, -0.25) is 0 Å². The van der Waals surface area contributed by atoms with E-state index in [-0.39, 0.29) is 12.2 Å². The lowest BCUT2D eigenvalue weighted by Gasteiger charge is -2.20. The Morgan fingerprint density at radius 2 is 2.07 bits per heavy atom. The van der Waals surface area contributed by atoms with E-state index >= 15 is 0 Å². The Morgan fingerprint density at radius 3 is 2.60 bits per heavy atom. The average molecular weight is 214 g/mol. The van der Waals surface area contributed by atoms with Gasteiger partial charge in [0.2, 0.25) is 0 Å². The van der Waals surface area contributed by atoms with Crippen LogP contribution in [-0.4, -0.2) is 29.2 Å². The third kappa shape index (κ3) is 3.30. The maximum absolute atomic E-state index is 9.94. The maximum Gasteiger partial charge on any atom is 0.164 e. The summed E-state index contributed by atoms with van der Waals surface area (Å²) in [6.07, 6.45) is 4.75. The van der Waals surface area contributed by atoms with Gasteiger partial charge in [0.15, 0.2) is 5.79 Å². The predicted molar refractivity (Wildman–Crippen MR) is 59.6 cm³/mol. The molecule has 3 atom stereocenters. The summed E-state index contributed by atoms with van der Waals surface area (Å²) in [4.78, 5) is 0. The summed E-state index contributed by atoms with van der Waals surface area (Å²) in [5.74, 6) is -0.594. The third-order valence-corrected chi connectivity index (χ3v) is 2.51. The van der Waals surface area contributed by atoms with Crippen LogP contribution in [0.4, 0.5) is 0 Å². The van der Waals surface area contributed by atoms with Crippen LogP contribution in [0.15, 0.2) is 12.2 Å². The second kappa shape index (κ2) is 5.10. The monoisotopic (exact) mass is 214 g/mol. The molecule has 0 aliphatic carbocycles. The van der Waals surface area contributed by atoms with E-state index < -0.39 is 11.9 Å². The molecule has 1 saturated heterocycles. The first kappa shape index (κ1) is 12.7. The summed E-state index contributed by atoms with van der Waals surface area (Å²) < 4.78 is 11.4. The predicted octanol–water partition coefficient (Wildman–Crippen LogP) is 2.24. The highest BCUT2D eigenvalue weighted by Crippen LogP contribution is 2.31. The van der Waals surface area contributed by atoms with Crippen LogP contribution in [0.3, 0.4) is 0 Å². The molecule has 0 aromatic heterocycles. The van der Waals surface area contributed by atoms with Gasteiger partial charge in [-0.2, -0.15) is 0 Å². The van der Waals surface area contributed by atoms with Crippen LogP contribution in [-0.2, 0) is 9.47 Å². The largest absolute Gasteiger partial charge is 0.390 e. The van der Waals surface area contributed by atoms with Gasteiger partial charge >= 0.3 is 0 Å². The lowest BCUT2D eigenvalue weighted by Crippen LogP contribution is -2.34. The molecular formula is C12H22O3. The van der Waals surface area contributed by atoms with Crippen molar-refractivity contribution < 1.29 is 14.6 Å². The van der Waals surface area contributed by atoms with Gasteiger partial charge in [-0.1, -0.05) is 25.5 Å². The Balaban J connectivity index is 2.68. The molecule has 0 amide bonds. The van der Waals surface area contributed by atoms with Crippen LogP contribution in [0.5, 0.6) is 0 Å². The van der Waals surface area contributed by atoms with Crippen LogP contribution in [0, 0.1) is 0 Å². The molecule has 0 bridgehead atoms. The fraction of sp³-hybridized carbons (Fsp3) is 0.833. The van der Waals surface area contributed by atoms with Crippen molar-refractivity contribution in [3.63, 3.8) is 0 Å². The first-order valence-corrected chi connectivity index (χ1v) is 5.66. The number of allylic oxidation sites excluding steroid dienone is 1. The van der Waals surface area contributed by atoms with Crippen LogP contribution < -0.4 is 0 Å². The Morgan fingerprint density at radius 1 is 1.40 bits per heavy atom. The van der Waals surface area contributed by atoms with Gasteiger partial charge in [0.25, 0.3) is 0 Å². The molecule has 3 heteroatoms. The lowest BCUT2D eigenvalue weighted by atomic mass is 10.0. The molecule has 88 valence electrons. The molecule has 1 unspecified atom stereocenters. The SMILES string of the molecule is C/C=C/[C@@H]1OC(C)(C)O[C@@H]1C(O)CCC. The number of rotatable bonds is 4. The summed E-state index contributed by atoms with van der Waals surface area (Å²) in [5, 5.41) is 9.94. The van der Waals surface area contributed by atoms with Crippen LogP contribution in [0.1, 0.15) is 40.5 Å². The molecule has 3 nitrogen and oxygen atoms in total. The summed E-state index contributed by atoms with van der Waals surface area (Å²) in [5.41, 5.74) is 0. The summed E-state index contributed by atoms with van der Waals surface area (Å²) in [7, 11) is 0. The minimum Gasteiger partial charge on any atom is -0.390 e. The lowest BCUT2D eigenvalue weighted by molar-refractivity contribution is -0.153. The van der Waals surface area contributed by atoms with Crippen molar-refractivity contribution >= 4 is 0 Å². The second-order valence-electron chi connectivity index (χ2n) is 4.45. The number of ether oxygens (including phenoxy) is 2. The smallest absolute Gasteiger partial charge is 0.164 e. The van der Waals surface area contributed by atoms with Crippen LogP contribution >= 0.6 is 0 Å². The van der Waals surface area contributed by atoms with Crippen molar-refractivity contribution in [2.45, 2.75) is 64.6 Å². The zero-order valence-electron chi connectivity index (χ0n) is 10.1. The molecule has 1 aliphatic heterocycles. The molecule has 1 aliphatic rings. The molecule has 1 heterocycles. The van der Waals surface area contributed by atoms with E-state index in [1.165, 1.54) is 0 Å². The Bertz CT molecular complexity index is 223. The first-order valence-electron chi connectivity index (χ1n) is 5.66. The zero-order chi connectivity index (χ0) is 11.5. The Kier molecular flexibility index (Phi) is 4.32. The first-order chi connectivity index (χ1) is 7.00. The van der Waals surface area contributed by atoms with E-state index in [1.54, 1.807) is 0 Å². The van der Waals surface area contributed by atoms with E-state index in [4.69, 9.17) is 9.47 Å². The van der Waals surface area contributed by atoms with Crippen molar-refractivity contribution in [2.75, 3.05) is 0 Å². The average Bonchev–Trinajstić information content (AvgIpc) is 2.42. The quantitative estimate of drug-likeness (QED) is 0.729. The summed E-state index contributed by atoms with van der Waals surface area (Å²) >= 11 is 0. The van der Waals surface area contributed by atoms with E-state index in [0.717, 1.165) is 12.8 Å². The van der Waals surface area contributed by atoms with Crippen molar-refractivity contribution in [1.29, 1.82) is 0 Å². The topological polar surface area (TPSA) is 38.7 Å². The maximum atomic E-state index is 9.94. The van der Waals surface area contributed by atoms with Crippen molar-refractivity contribution in [3.8, 4) is 0 Å². The number of aliphatic hydroxyl groups excluding tert-OH is 1. The van der Waals surface area contributed by atoms with Gasteiger partial charge in [-0.15, -0.1) is 0 Å². The molecule has 0 saturated carbocycles. The molecule has 0 radical (unpaired) electrons. The minimum absolute atomic E-state index is 0.133. The molecular weight excluding hydrogens is 192 g/mol. The molecule has 0 aromatic rings. The Hall–Kier alpha value is -0.380. The molecule has 0 aromatic carbocycles. The normalized spacial score (nSPS) is 32.3. The molecule has 0 spiro atoms. The van der Waals surface area contributed by atoms with Gasteiger partial charge in [0, 0.05) is 0 Å². The van der Waals surface area contributed by atoms with Gasteiger partial charge < -0.3 is 14.6 Å². The fourth-order valence-electron chi connectivity index (χ4n) is 1.91. The van der Waals surface area contributed by atoms with E-state index in [0.29, 0.717) is 0 Å². The molecule has 1 rings (SSSR count). The van der Waals surface area contributed by atoms with Crippen LogP contribution in [0.25, 0.3) is 0 Å². The van der Waals surface area contributed by atoms with Crippen molar-refractivity contribution in [2.24, 2.45) is 0 Å².